The fraction of sp³-hybridized carbons (Fsp3) is 0.417. The van der Waals surface area contributed by atoms with Crippen molar-refractivity contribution in [1.82, 2.24) is 10.2 Å². The highest BCUT2D eigenvalue weighted by Gasteiger charge is 2.24. The summed E-state index contributed by atoms with van der Waals surface area (Å²) in [6.07, 6.45) is 4.91. The Labute approximate surface area is 180 Å². The van der Waals surface area contributed by atoms with Crippen molar-refractivity contribution in [3.63, 3.8) is 0 Å². The molecule has 1 N–H and O–H groups in total. The summed E-state index contributed by atoms with van der Waals surface area (Å²) in [6, 6.07) is 9.40. The highest BCUT2D eigenvalue weighted by Crippen LogP contribution is 2.27. The van der Waals surface area contributed by atoms with Crippen molar-refractivity contribution in [2.24, 2.45) is 0 Å². The standard InChI is InChI=1S/C24H28N2O3S/c1-16-12-17(2)23-19(27)14-21(29-20(23)13-16)24(28)25-15-18(22-8-7-11-30-22)26-9-5-3-4-6-10-26/h7-8,11-14,18H,3-6,9-10,15H2,1-2H3,(H,25,28)/t18-/m1/s1. The molecule has 2 aromatic heterocycles. The Morgan fingerprint density at radius 2 is 1.93 bits per heavy atom. The van der Waals surface area contributed by atoms with E-state index in [-0.39, 0.29) is 23.1 Å². The van der Waals surface area contributed by atoms with Crippen LogP contribution in [0.4, 0.5) is 0 Å². The van der Waals surface area contributed by atoms with Gasteiger partial charge < -0.3 is 9.73 Å². The zero-order valence-corrected chi connectivity index (χ0v) is 18.4. The number of likely N-dealkylation sites (tertiary alicyclic amines) is 1. The maximum Gasteiger partial charge on any atom is 0.287 e. The Balaban J connectivity index is 1.55. The molecule has 1 aromatic carbocycles. The van der Waals surface area contributed by atoms with Gasteiger partial charge in [-0.1, -0.05) is 25.0 Å². The topological polar surface area (TPSA) is 62.6 Å². The first-order chi connectivity index (χ1) is 14.5. The molecule has 3 aromatic rings. The van der Waals surface area contributed by atoms with Gasteiger partial charge in [0, 0.05) is 17.5 Å². The summed E-state index contributed by atoms with van der Waals surface area (Å²) < 4.78 is 5.83. The Hall–Kier alpha value is -2.44. The smallest absolute Gasteiger partial charge is 0.287 e. The molecule has 0 radical (unpaired) electrons. The number of rotatable bonds is 5. The lowest BCUT2D eigenvalue weighted by Gasteiger charge is -2.30. The van der Waals surface area contributed by atoms with E-state index in [1.54, 1.807) is 11.3 Å². The normalized spacial score (nSPS) is 16.3. The largest absolute Gasteiger partial charge is 0.451 e. The van der Waals surface area contributed by atoms with Gasteiger partial charge in [-0.15, -0.1) is 11.3 Å². The first-order valence-electron chi connectivity index (χ1n) is 10.6. The highest BCUT2D eigenvalue weighted by atomic mass is 32.1. The van der Waals surface area contributed by atoms with Crippen molar-refractivity contribution in [2.45, 2.75) is 45.6 Å². The molecule has 1 amide bonds. The van der Waals surface area contributed by atoms with E-state index in [0.717, 1.165) is 24.2 Å². The van der Waals surface area contributed by atoms with Crippen molar-refractivity contribution in [3.8, 4) is 0 Å². The molecule has 1 saturated heterocycles. The molecule has 0 bridgehead atoms. The predicted molar refractivity (Wildman–Crippen MR) is 121 cm³/mol. The number of thiophene rings is 1. The fourth-order valence-corrected chi connectivity index (χ4v) is 5.21. The van der Waals surface area contributed by atoms with E-state index >= 15 is 0 Å². The number of amides is 1. The van der Waals surface area contributed by atoms with Crippen LogP contribution in [0.1, 0.15) is 58.3 Å². The van der Waals surface area contributed by atoms with Gasteiger partial charge in [-0.2, -0.15) is 0 Å². The van der Waals surface area contributed by atoms with Gasteiger partial charge in [0.05, 0.1) is 11.4 Å². The van der Waals surface area contributed by atoms with Gasteiger partial charge in [0.25, 0.3) is 5.91 Å². The number of nitrogens with one attached hydrogen (secondary N) is 1. The van der Waals surface area contributed by atoms with E-state index in [1.165, 1.54) is 36.6 Å². The number of nitrogens with zero attached hydrogens (tertiary/aromatic N) is 1. The molecule has 4 rings (SSSR count). The van der Waals surface area contributed by atoms with Gasteiger partial charge >= 0.3 is 0 Å². The van der Waals surface area contributed by atoms with E-state index in [0.29, 0.717) is 17.5 Å². The summed E-state index contributed by atoms with van der Waals surface area (Å²) in [4.78, 5) is 29.2. The molecule has 1 atom stereocenters. The summed E-state index contributed by atoms with van der Waals surface area (Å²) >= 11 is 1.72. The highest BCUT2D eigenvalue weighted by molar-refractivity contribution is 7.10. The van der Waals surface area contributed by atoms with Crippen LogP contribution in [0.3, 0.4) is 0 Å². The third kappa shape index (κ3) is 4.50. The van der Waals surface area contributed by atoms with Crippen molar-refractivity contribution < 1.29 is 9.21 Å². The van der Waals surface area contributed by atoms with Crippen LogP contribution < -0.4 is 10.7 Å². The first kappa shape index (κ1) is 20.8. The molecular formula is C24H28N2O3S. The number of hydrogen-bond donors (Lipinski definition) is 1. The maximum atomic E-state index is 12.9. The van der Waals surface area contributed by atoms with E-state index < -0.39 is 0 Å². The van der Waals surface area contributed by atoms with Crippen LogP contribution in [0.2, 0.25) is 0 Å². The molecule has 0 unspecified atom stereocenters. The van der Waals surface area contributed by atoms with Gasteiger partial charge in [-0.25, -0.2) is 0 Å². The number of benzene rings is 1. The molecule has 5 nitrogen and oxygen atoms in total. The minimum Gasteiger partial charge on any atom is -0.451 e. The van der Waals surface area contributed by atoms with Crippen LogP contribution in [0, 0.1) is 13.8 Å². The number of aryl methyl sites for hydroxylation is 2. The third-order valence-electron chi connectivity index (χ3n) is 5.80. The monoisotopic (exact) mass is 424 g/mol. The first-order valence-corrected chi connectivity index (χ1v) is 11.5. The second kappa shape index (κ2) is 9.14. The average molecular weight is 425 g/mol. The average Bonchev–Trinajstić information content (AvgIpc) is 3.10. The van der Waals surface area contributed by atoms with Crippen LogP contribution in [0.5, 0.6) is 0 Å². The lowest BCUT2D eigenvalue weighted by molar-refractivity contribution is 0.0907. The van der Waals surface area contributed by atoms with Gasteiger partial charge in [0.2, 0.25) is 0 Å². The van der Waals surface area contributed by atoms with E-state index in [1.807, 2.05) is 26.0 Å². The minimum absolute atomic E-state index is 0.0679. The molecule has 0 spiro atoms. The Morgan fingerprint density at radius 1 is 1.17 bits per heavy atom. The number of carbonyl (C=O) groups excluding carboxylic acids is 1. The van der Waals surface area contributed by atoms with E-state index in [2.05, 4.69) is 27.7 Å². The lowest BCUT2D eigenvalue weighted by Crippen LogP contribution is -2.38. The summed E-state index contributed by atoms with van der Waals surface area (Å²) in [5.41, 5.74) is 2.15. The van der Waals surface area contributed by atoms with Crippen molar-refractivity contribution >= 4 is 28.2 Å². The number of fused-ring (bicyclic) bond motifs is 1. The van der Waals surface area contributed by atoms with Crippen molar-refractivity contribution in [1.29, 1.82) is 0 Å². The van der Waals surface area contributed by atoms with Crippen LogP contribution >= 0.6 is 11.3 Å². The fourth-order valence-electron chi connectivity index (χ4n) is 4.35. The summed E-state index contributed by atoms with van der Waals surface area (Å²) in [5, 5.41) is 5.64. The zero-order valence-electron chi connectivity index (χ0n) is 17.6. The Morgan fingerprint density at radius 3 is 2.63 bits per heavy atom. The third-order valence-corrected chi connectivity index (χ3v) is 6.78. The lowest BCUT2D eigenvalue weighted by atomic mass is 10.1. The summed E-state index contributed by atoms with van der Waals surface area (Å²) in [5.74, 6) is -0.275. The molecule has 0 aliphatic carbocycles. The molecule has 1 aliphatic heterocycles. The van der Waals surface area contributed by atoms with Crippen LogP contribution in [0.15, 0.2) is 44.9 Å². The second-order valence-electron chi connectivity index (χ2n) is 8.12. The second-order valence-corrected chi connectivity index (χ2v) is 9.10. The molecular weight excluding hydrogens is 396 g/mol. The Kier molecular flexibility index (Phi) is 6.35. The Bertz CT molecular complexity index is 1080. The van der Waals surface area contributed by atoms with E-state index in [4.69, 9.17) is 4.42 Å². The molecule has 0 saturated carbocycles. The molecule has 6 heteroatoms. The van der Waals surface area contributed by atoms with Gasteiger partial charge in [-0.3, -0.25) is 14.5 Å². The summed E-state index contributed by atoms with van der Waals surface area (Å²) in [7, 11) is 0. The molecule has 30 heavy (non-hydrogen) atoms. The molecule has 1 fully saturated rings. The van der Waals surface area contributed by atoms with Crippen molar-refractivity contribution in [2.75, 3.05) is 19.6 Å². The van der Waals surface area contributed by atoms with Crippen LogP contribution in [0.25, 0.3) is 11.0 Å². The maximum absolute atomic E-state index is 12.9. The minimum atomic E-state index is -0.343. The van der Waals surface area contributed by atoms with Gasteiger partial charge in [0.1, 0.15) is 5.58 Å². The van der Waals surface area contributed by atoms with E-state index in [9.17, 15) is 9.59 Å². The molecule has 158 valence electrons. The predicted octanol–water partition coefficient (Wildman–Crippen LogP) is 4.82. The van der Waals surface area contributed by atoms with Crippen LogP contribution in [-0.2, 0) is 0 Å². The quantitative estimate of drug-likeness (QED) is 0.638. The van der Waals surface area contributed by atoms with Gasteiger partial charge in [-0.05, 0) is 68.4 Å². The van der Waals surface area contributed by atoms with Crippen molar-refractivity contribution in [3.05, 3.63) is 67.7 Å². The van der Waals surface area contributed by atoms with Gasteiger partial charge in [0.15, 0.2) is 11.2 Å². The number of hydrogen-bond acceptors (Lipinski definition) is 5. The van der Waals surface area contributed by atoms with Crippen LogP contribution in [-0.4, -0.2) is 30.4 Å². The summed E-state index contributed by atoms with van der Waals surface area (Å²) in [6.45, 7) is 6.42. The zero-order chi connectivity index (χ0) is 21.1. The molecule has 1 aliphatic rings. The molecule has 3 heterocycles. The number of carbonyl (C=O) groups is 1. The SMILES string of the molecule is Cc1cc(C)c2c(=O)cc(C(=O)NC[C@H](c3cccs3)N3CCCCCC3)oc2c1.